The highest BCUT2D eigenvalue weighted by atomic mass is 19.4. The Morgan fingerprint density at radius 2 is 1.50 bits per heavy atom. The Balaban J connectivity index is 1.53. The lowest BCUT2D eigenvalue weighted by atomic mass is 9.98. The lowest BCUT2D eigenvalue weighted by molar-refractivity contribution is -0.0925. The van der Waals surface area contributed by atoms with Gasteiger partial charge < -0.3 is 15.5 Å². The number of alkyl halides is 3. The van der Waals surface area contributed by atoms with Crippen molar-refractivity contribution in [2.75, 3.05) is 38.1 Å². The van der Waals surface area contributed by atoms with Gasteiger partial charge in [-0.15, -0.1) is 0 Å². The number of fused-ring (bicyclic) bond motifs is 3. The van der Waals surface area contributed by atoms with E-state index in [1.807, 2.05) is 72.8 Å². The van der Waals surface area contributed by atoms with Crippen molar-refractivity contribution < 1.29 is 13.2 Å². The molecular weight excluding hydrogens is 461 g/mol. The van der Waals surface area contributed by atoms with E-state index in [4.69, 9.17) is 5.73 Å². The molecular formula is C29H27F3N4. The summed E-state index contributed by atoms with van der Waals surface area (Å²) in [4.78, 5) is 9.16. The van der Waals surface area contributed by atoms with Crippen LogP contribution in [0.15, 0.2) is 95.6 Å². The molecule has 0 unspecified atom stereocenters. The number of anilines is 1. The molecule has 4 aromatic carbocycles. The summed E-state index contributed by atoms with van der Waals surface area (Å²) in [7, 11) is 2.10. The summed E-state index contributed by atoms with van der Waals surface area (Å²) in [6.07, 6.45) is -3.73. The van der Waals surface area contributed by atoms with E-state index in [1.165, 1.54) is 0 Å². The zero-order valence-electron chi connectivity index (χ0n) is 20.0. The second-order valence-electron chi connectivity index (χ2n) is 9.12. The molecule has 0 aliphatic carbocycles. The van der Waals surface area contributed by atoms with Crippen molar-refractivity contribution in [1.29, 1.82) is 0 Å². The predicted octanol–water partition coefficient (Wildman–Crippen LogP) is 6.27. The van der Waals surface area contributed by atoms with Crippen molar-refractivity contribution >= 4 is 38.6 Å². The number of likely N-dealkylation sites (N-methyl/N-ethyl adjacent to an activating group) is 1. The van der Waals surface area contributed by atoms with Gasteiger partial charge in [-0.3, -0.25) is 0 Å². The molecule has 0 amide bonds. The molecule has 7 heteroatoms. The molecule has 0 radical (unpaired) electrons. The number of hydrogen-bond acceptors (Lipinski definition) is 4. The third kappa shape index (κ3) is 5.06. The van der Waals surface area contributed by atoms with Gasteiger partial charge in [0.1, 0.15) is 5.70 Å². The molecule has 1 saturated heterocycles. The van der Waals surface area contributed by atoms with Crippen molar-refractivity contribution in [3.05, 3.63) is 96.2 Å². The number of halogens is 3. The van der Waals surface area contributed by atoms with Crippen LogP contribution in [-0.2, 0) is 0 Å². The van der Waals surface area contributed by atoms with Crippen LogP contribution in [0.2, 0.25) is 0 Å². The van der Waals surface area contributed by atoms with Gasteiger partial charge in [0.15, 0.2) is 0 Å². The molecule has 0 atom stereocenters. The Labute approximate surface area is 208 Å². The zero-order valence-corrected chi connectivity index (χ0v) is 20.0. The summed E-state index contributed by atoms with van der Waals surface area (Å²) < 4.78 is 40.0. The fourth-order valence-corrected chi connectivity index (χ4v) is 4.52. The molecule has 0 spiro atoms. The van der Waals surface area contributed by atoms with Gasteiger partial charge in [0.25, 0.3) is 0 Å². The highest BCUT2D eigenvalue weighted by molar-refractivity contribution is 6.14. The summed E-state index contributed by atoms with van der Waals surface area (Å²) >= 11 is 0. The first-order valence-electron chi connectivity index (χ1n) is 11.9. The van der Waals surface area contributed by atoms with Crippen LogP contribution in [0.25, 0.3) is 21.5 Å². The average molecular weight is 489 g/mol. The Bertz CT molecular complexity index is 1450. The van der Waals surface area contributed by atoms with Crippen molar-refractivity contribution in [3.8, 4) is 0 Å². The Kier molecular flexibility index (Phi) is 6.41. The first kappa shape index (κ1) is 23.9. The van der Waals surface area contributed by atoms with Crippen LogP contribution in [0, 0.1) is 0 Å². The maximum atomic E-state index is 13.3. The van der Waals surface area contributed by atoms with Crippen LogP contribution in [0.3, 0.4) is 0 Å². The molecule has 1 aliphatic heterocycles. The number of nitrogens with two attached hydrogens (primary N) is 1. The molecule has 184 valence electrons. The van der Waals surface area contributed by atoms with E-state index < -0.39 is 11.9 Å². The van der Waals surface area contributed by atoms with Crippen LogP contribution in [-0.4, -0.2) is 50.0 Å². The number of piperazine rings is 1. The van der Waals surface area contributed by atoms with Crippen molar-refractivity contribution in [2.45, 2.75) is 6.18 Å². The smallest absolute Gasteiger partial charge is 0.395 e. The Morgan fingerprint density at radius 1 is 0.833 bits per heavy atom. The summed E-state index contributed by atoms with van der Waals surface area (Å²) in [6, 6.07) is 25.2. The highest BCUT2D eigenvalue weighted by Crippen LogP contribution is 2.29. The van der Waals surface area contributed by atoms with Gasteiger partial charge in [-0.05, 0) is 65.0 Å². The first-order chi connectivity index (χ1) is 17.3. The van der Waals surface area contributed by atoms with Crippen LogP contribution < -0.4 is 10.6 Å². The maximum Gasteiger partial charge on any atom is 0.430 e. The van der Waals surface area contributed by atoms with Crippen molar-refractivity contribution in [2.24, 2.45) is 10.7 Å². The molecule has 0 bridgehead atoms. The van der Waals surface area contributed by atoms with Crippen LogP contribution in [0.1, 0.15) is 5.56 Å². The summed E-state index contributed by atoms with van der Waals surface area (Å²) in [5.41, 5.74) is 6.58. The van der Waals surface area contributed by atoms with Crippen LogP contribution >= 0.6 is 0 Å². The van der Waals surface area contributed by atoms with E-state index in [-0.39, 0.29) is 5.71 Å². The van der Waals surface area contributed by atoms with Gasteiger partial charge in [-0.2, -0.15) is 13.2 Å². The van der Waals surface area contributed by atoms with Gasteiger partial charge in [-0.1, -0.05) is 48.5 Å². The SMILES string of the molecule is CN1CCN(c2ccc(N=C(C=C(N)C(F)(F)F)c3ccc4c(ccc5ccccc54)c3)cc2)CC1. The number of allylic oxidation sites excluding steroid dienone is 2. The van der Waals surface area contributed by atoms with E-state index in [2.05, 4.69) is 21.8 Å². The summed E-state index contributed by atoms with van der Waals surface area (Å²) in [6.45, 7) is 3.84. The third-order valence-electron chi connectivity index (χ3n) is 6.63. The number of benzene rings is 4. The van der Waals surface area contributed by atoms with Crippen LogP contribution in [0.5, 0.6) is 0 Å². The molecule has 4 aromatic rings. The standard InChI is InChI=1S/C29H27F3N4/c1-35-14-16-36(17-15-35)24-11-9-23(10-12-24)34-27(19-28(33)29(30,31)32)22-8-13-26-21(18-22)7-6-20-4-2-3-5-25(20)26/h2-13,18-19H,14-17,33H2,1H3. The zero-order chi connectivity index (χ0) is 25.3. The predicted molar refractivity (Wildman–Crippen MR) is 142 cm³/mol. The number of aliphatic imine (C=N–C) groups is 1. The Morgan fingerprint density at radius 3 is 2.22 bits per heavy atom. The molecule has 1 fully saturated rings. The lowest BCUT2D eigenvalue weighted by Crippen LogP contribution is -2.44. The van der Waals surface area contributed by atoms with Crippen molar-refractivity contribution in [3.63, 3.8) is 0 Å². The second-order valence-corrected chi connectivity index (χ2v) is 9.12. The van der Waals surface area contributed by atoms with Gasteiger partial charge in [0, 0.05) is 37.4 Å². The van der Waals surface area contributed by atoms with Crippen LogP contribution in [0.4, 0.5) is 24.5 Å². The van der Waals surface area contributed by atoms with E-state index in [1.54, 1.807) is 6.07 Å². The fourth-order valence-electron chi connectivity index (χ4n) is 4.52. The van der Waals surface area contributed by atoms with Crippen molar-refractivity contribution in [1.82, 2.24) is 4.90 Å². The quantitative estimate of drug-likeness (QED) is 0.272. The molecule has 1 heterocycles. The highest BCUT2D eigenvalue weighted by Gasteiger charge is 2.31. The fraction of sp³-hybridized carbons (Fsp3) is 0.207. The van der Waals surface area contributed by atoms with E-state index >= 15 is 0 Å². The number of nitrogens with zero attached hydrogens (tertiary/aromatic N) is 3. The molecule has 5 rings (SSSR count). The minimum absolute atomic E-state index is 0.159. The second kappa shape index (κ2) is 9.66. The van der Waals surface area contributed by atoms with E-state index in [0.717, 1.165) is 59.5 Å². The molecule has 2 N–H and O–H groups in total. The monoisotopic (exact) mass is 488 g/mol. The van der Waals surface area contributed by atoms with Gasteiger partial charge >= 0.3 is 6.18 Å². The number of hydrogen-bond donors (Lipinski definition) is 1. The van der Waals surface area contributed by atoms with Gasteiger partial charge in [0.2, 0.25) is 0 Å². The molecule has 1 aliphatic rings. The Hall–Kier alpha value is -3.84. The maximum absolute atomic E-state index is 13.3. The largest absolute Gasteiger partial charge is 0.430 e. The number of rotatable bonds is 4. The molecule has 0 aromatic heterocycles. The van der Waals surface area contributed by atoms with E-state index in [9.17, 15) is 13.2 Å². The summed E-state index contributed by atoms with van der Waals surface area (Å²) in [5.74, 6) is 0. The average Bonchev–Trinajstić information content (AvgIpc) is 2.88. The van der Waals surface area contributed by atoms with E-state index in [0.29, 0.717) is 11.3 Å². The summed E-state index contributed by atoms with van der Waals surface area (Å²) in [5, 5.41) is 4.14. The molecule has 0 saturated carbocycles. The van der Waals surface area contributed by atoms with Gasteiger partial charge in [-0.25, -0.2) is 4.99 Å². The molecule has 36 heavy (non-hydrogen) atoms. The minimum atomic E-state index is -4.64. The normalized spacial score (nSPS) is 16.2. The molecule has 4 nitrogen and oxygen atoms in total. The van der Waals surface area contributed by atoms with Gasteiger partial charge in [0.05, 0.1) is 11.4 Å². The first-order valence-corrected chi connectivity index (χ1v) is 11.9. The third-order valence-corrected chi connectivity index (χ3v) is 6.63. The topological polar surface area (TPSA) is 44.9 Å². The lowest BCUT2D eigenvalue weighted by Gasteiger charge is -2.34. The minimum Gasteiger partial charge on any atom is -0.395 e.